The van der Waals surface area contributed by atoms with E-state index in [1.807, 2.05) is 32.0 Å². The Morgan fingerprint density at radius 3 is 2.64 bits per heavy atom. The van der Waals surface area contributed by atoms with E-state index < -0.39 is 10.0 Å². The van der Waals surface area contributed by atoms with Crippen LogP contribution in [-0.2, 0) is 23.6 Å². The SMILES string of the molecule is CCOc1cc(C)ccc1CNC(=NC)NCCNS(=O)(=O)c1ccn(C)c1. The quantitative estimate of drug-likeness (QED) is 0.331. The van der Waals surface area contributed by atoms with Gasteiger partial charge in [-0.15, -0.1) is 0 Å². The predicted molar refractivity (Wildman–Crippen MR) is 111 cm³/mol. The lowest BCUT2D eigenvalue weighted by molar-refractivity contribution is 0.336. The van der Waals surface area contributed by atoms with Crippen molar-refractivity contribution in [2.75, 3.05) is 26.7 Å². The first-order valence-corrected chi connectivity index (χ1v) is 10.6. The standard InChI is InChI=1S/C19H29N5O3S/c1-5-27-18-12-15(2)6-7-16(18)13-22-19(20-3)21-9-10-23-28(25,26)17-8-11-24(4)14-17/h6-8,11-12,14,23H,5,9-10,13H2,1-4H3,(H2,20,21,22). The fourth-order valence-corrected chi connectivity index (χ4v) is 3.67. The summed E-state index contributed by atoms with van der Waals surface area (Å²) < 4.78 is 34.3. The summed E-state index contributed by atoms with van der Waals surface area (Å²) in [5.74, 6) is 1.43. The molecule has 1 heterocycles. The molecular formula is C19H29N5O3S. The van der Waals surface area contributed by atoms with Gasteiger partial charge in [-0.05, 0) is 31.5 Å². The number of aliphatic imine (C=N–C) groups is 1. The zero-order valence-electron chi connectivity index (χ0n) is 16.8. The Balaban J connectivity index is 1.82. The van der Waals surface area contributed by atoms with Crippen molar-refractivity contribution in [2.24, 2.45) is 12.0 Å². The first-order valence-electron chi connectivity index (χ1n) is 9.14. The number of ether oxygens (including phenoxy) is 1. The lowest BCUT2D eigenvalue weighted by Crippen LogP contribution is -2.41. The topological polar surface area (TPSA) is 96.8 Å². The van der Waals surface area contributed by atoms with E-state index in [4.69, 9.17) is 4.74 Å². The minimum atomic E-state index is -3.50. The second-order valence-corrected chi connectivity index (χ2v) is 8.07. The predicted octanol–water partition coefficient (Wildman–Crippen LogP) is 1.38. The molecule has 0 aliphatic heterocycles. The maximum Gasteiger partial charge on any atom is 0.242 e. The van der Waals surface area contributed by atoms with E-state index in [1.165, 1.54) is 0 Å². The highest BCUT2D eigenvalue weighted by atomic mass is 32.2. The number of aryl methyl sites for hydroxylation is 2. The molecule has 0 fully saturated rings. The van der Waals surface area contributed by atoms with Crippen molar-refractivity contribution < 1.29 is 13.2 Å². The van der Waals surface area contributed by atoms with E-state index in [-0.39, 0.29) is 11.4 Å². The Hall–Kier alpha value is -2.52. The second kappa shape index (κ2) is 10.1. The molecule has 0 atom stereocenters. The Labute approximate surface area is 167 Å². The van der Waals surface area contributed by atoms with E-state index in [0.717, 1.165) is 16.9 Å². The van der Waals surface area contributed by atoms with Gasteiger partial charge in [0.25, 0.3) is 0 Å². The molecule has 0 bridgehead atoms. The molecule has 0 aliphatic carbocycles. The van der Waals surface area contributed by atoms with Crippen LogP contribution >= 0.6 is 0 Å². The number of benzene rings is 1. The zero-order valence-corrected chi connectivity index (χ0v) is 17.6. The normalized spacial score (nSPS) is 12.1. The van der Waals surface area contributed by atoms with Crippen LogP contribution in [0.5, 0.6) is 5.75 Å². The molecule has 0 spiro atoms. The minimum absolute atomic E-state index is 0.243. The summed E-state index contributed by atoms with van der Waals surface area (Å²) in [4.78, 5) is 4.42. The molecule has 28 heavy (non-hydrogen) atoms. The van der Waals surface area contributed by atoms with Crippen LogP contribution in [0.4, 0.5) is 0 Å². The molecule has 1 aromatic heterocycles. The fraction of sp³-hybridized carbons (Fsp3) is 0.421. The third-order valence-electron chi connectivity index (χ3n) is 4.02. The van der Waals surface area contributed by atoms with Gasteiger partial charge in [0.1, 0.15) is 5.75 Å². The van der Waals surface area contributed by atoms with Gasteiger partial charge in [0.05, 0.1) is 11.5 Å². The van der Waals surface area contributed by atoms with Crippen molar-refractivity contribution in [3.63, 3.8) is 0 Å². The van der Waals surface area contributed by atoms with Crippen LogP contribution in [0.25, 0.3) is 0 Å². The summed E-state index contributed by atoms with van der Waals surface area (Å²) in [6.45, 7) is 5.77. The van der Waals surface area contributed by atoms with Gasteiger partial charge in [-0.3, -0.25) is 4.99 Å². The molecular weight excluding hydrogens is 378 g/mol. The van der Waals surface area contributed by atoms with Gasteiger partial charge < -0.3 is 19.9 Å². The molecule has 0 unspecified atom stereocenters. The molecule has 154 valence electrons. The monoisotopic (exact) mass is 407 g/mol. The van der Waals surface area contributed by atoms with Crippen molar-refractivity contribution in [3.05, 3.63) is 47.8 Å². The van der Waals surface area contributed by atoms with E-state index in [2.05, 4.69) is 20.3 Å². The van der Waals surface area contributed by atoms with Crippen molar-refractivity contribution >= 4 is 16.0 Å². The van der Waals surface area contributed by atoms with Gasteiger partial charge in [0.2, 0.25) is 10.0 Å². The first kappa shape index (κ1) is 21.8. The van der Waals surface area contributed by atoms with E-state index in [9.17, 15) is 8.42 Å². The Morgan fingerprint density at radius 2 is 2.00 bits per heavy atom. The van der Waals surface area contributed by atoms with Gasteiger partial charge in [0, 0.05) is 51.7 Å². The highest BCUT2D eigenvalue weighted by molar-refractivity contribution is 7.89. The summed E-state index contributed by atoms with van der Waals surface area (Å²) in [5, 5.41) is 6.31. The van der Waals surface area contributed by atoms with Crippen LogP contribution in [0.1, 0.15) is 18.1 Å². The van der Waals surface area contributed by atoms with Crippen LogP contribution in [0.15, 0.2) is 46.5 Å². The first-order chi connectivity index (χ1) is 13.4. The highest BCUT2D eigenvalue weighted by Crippen LogP contribution is 2.20. The molecule has 0 saturated carbocycles. The second-order valence-electron chi connectivity index (χ2n) is 6.31. The van der Waals surface area contributed by atoms with Crippen molar-refractivity contribution in [1.82, 2.24) is 19.9 Å². The van der Waals surface area contributed by atoms with Crippen molar-refractivity contribution in [3.8, 4) is 5.75 Å². The number of sulfonamides is 1. The molecule has 0 aliphatic rings. The van der Waals surface area contributed by atoms with Crippen LogP contribution in [-0.4, -0.2) is 45.7 Å². The maximum atomic E-state index is 12.2. The number of nitrogens with zero attached hydrogens (tertiary/aromatic N) is 2. The Bertz CT molecular complexity index is 906. The molecule has 2 aromatic rings. The summed E-state index contributed by atoms with van der Waals surface area (Å²) in [5.41, 5.74) is 2.17. The molecule has 0 amide bonds. The van der Waals surface area contributed by atoms with Gasteiger partial charge in [-0.1, -0.05) is 12.1 Å². The number of aromatic nitrogens is 1. The maximum absolute atomic E-state index is 12.2. The number of guanidine groups is 1. The highest BCUT2D eigenvalue weighted by Gasteiger charge is 2.14. The molecule has 2 rings (SSSR count). The van der Waals surface area contributed by atoms with Crippen molar-refractivity contribution in [2.45, 2.75) is 25.3 Å². The number of rotatable bonds is 9. The Morgan fingerprint density at radius 1 is 1.21 bits per heavy atom. The smallest absolute Gasteiger partial charge is 0.242 e. The third kappa shape index (κ3) is 6.28. The van der Waals surface area contributed by atoms with Gasteiger partial charge >= 0.3 is 0 Å². The molecule has 0 radical (unpaired) electrons. The van der Waals surface area contributed by atoms with E-state index in [1.54, 1.807) is 37.1 Å². The van der Waals surface area contributed by atoms with Crippen LogP contribution in [0, 0.1) is 6.92 Å². The Kier molecular flexibility index (Phi) is 7.89. The average Bonchev–Trinajstić information content (AvgIpc) is 3.10. The van der Waals surface area contributed by atoms with Crippen LogP contribution < -0.4 is 20.1 Å². The molecule has 1 aromatic carbocycles. The largest absolute Gasteiger partial charge is 0.494 e. The lowest BCUT2D eigenvalue weighted by Gasteiger charge is -2.15. The summed E-state index contributed by atoms with van der Waals surface area (Å²) in [6, 6.07) is 7.63. The molecule has 3 N–H and O–H groups in total. The number of nitrogens with one attached hydrogen (secondary N) is 3. The van der Waals surface area contributed by atoms with Crippen LogP contribution in [0.2, 0.25) is 0 Å². The summed E-state index contributed by atoms with van der Waals surface area (Å²) in [7, 11) is -0.0553. The molecule has 0 saturated heterocycles. The minimum Gasteiger partial charge on any atom is -0.494 e. The number of hydrogen-bond acceptors (Lipinski definition) is 4. The average molecular weight is 408 g/mol. The molecule has 8 nitrogen and oxygen atoms in total. The lowest BCUT2D eigenvalue weighted by atomic mass is 10.1. The molecule has 9 heteroatoms. The van der Waals surface area contributed by atoms with Crippen molar-refractivity contribution in [1.29, 1.82) is 0 Å². The number of hydrogen-bond donors (Lipinski definition) is 3. The summed E-state index contributed by atoms with van der Waals surface area (Å²) >= 11 is 0. The van der Waals surface area contributed by atoms with E-state index >= 15 is 0 Å². The fourth-order valence-electron chi connectivity index (χ4n) is 2.58. The third-order valence-corrected chi connectivity index (χ3v) is 5.46. The summed E-state index contributed by atoms with van der Waals surface area (Å²) in [6.07, 6.45) is 3.26. The van der Waals surface area contributed by atoms with Gasteiger partial charge in [-0.25, -0.2) is 13.1 Å². The van der Waals surface area contributed by atoms with Crippen LogP contribution in [0.3, 0.4) is 0 Å². The zero-order chi connectivity index (χ0) is 20.6. The van der Waals surface area contributed by atoms with E-state index in [0.29, 0.717) is 25.7 Å². The van der Waals surface area contributed by atoms with Gasteiger partial charge in [-0.2, -0.15) is 0 Å². The van der Waals surface area contributed by atoms with Gasteiger partial charge in [0.15, 0.2) is 5.96 Å².